The number of amides is 2. The molecule has 1 aromatic carbocycles. The summed E-state index contributed by atoms with van der Waals surface area (Å²) in [4.78, 5) is 42.3. The molecule has 2 aromatic rings. The van der Waals surface area contributed by atoms with Crippen LogP contribution in [0.5, 0.6) is 6.01 Å². The second kappa shape index (κ2) is 12.6. The van der Waals surface area contributed by atoms with E-state index in [1.54, 1.807) is 31.7 Å². The number of alkyl halides is 1. The smallest absolute Gasteiger partial charge is 0.410 e. The summed E-state index contributed by atoms with van der Waals surface area (Å²) in [5, 5.41) is 22.6. The van der Waals surface area contributed by atoms with Crippen LogP contribution >= 0.6 is 0 Å². The summed E-state index contributed by atoms with van der Waals surface area (Å²) in [5.74, 6) is 0.270. The molecule has 1 aliphatic carbocycles. The number of rotatable bonds is 5. The Morgan fingerprint density at radius 1 is 1.19 bits per heavy atom. The van der Waals surface area contributed by atoms with Crippen molar-refractivity contribution >= 4 is 23.5 Å². The van der Waals surface area contributed by atoms with Gasteiger partial charge in [0, 0.05) is 38.6 Å². The minimum Gasteiger partial charge on any atom is -0.462 e. The molecule has 4 heterocycles. The number of carbonyl (C=O) groups excluding carboxylic acids is 2. The molecular weight excluding hydrogens is 603 g/mol. The molecule has 6 rings (SSSR count). The number of fused-ring (bicyclic) bond motifs is 3. The summed E-state index contributed by atoms with van der Waals surface area (Å²) in [6.07, 6.45) is 1.38. The lowest BCUT2D eigenvalue weighted by Gasteiger charge is -2.44. The molecule has 1 N–H and O–H groups in total. The van der Waals surface area contributed by atoms with Gasteiger partial charge in [0.05, 0.1) is 41.3 Å². The lowest BCUT2D eigenvalue weighted by molar-refractivity contribution is -0.122. The average molecular weight is 645 g/mol. The van der Waals surface area contributed by atoms with Gasteiger partial charge < -0.3 is 24.6 Å². The summed E-state index contributed by atoms with van der Waals surface area (Å²) < 4.78 is 25.9. The molecule has 0 bridgehead atoms. The highest BCUT2D eigenvalue weighted by Gasteiger charge is 2.49. The highest BCUT2D eigenvalue weighted by Crippen LogP contribution is 2.47. The van der Waals surface area contributed by atoms with Crippen molar-refractivity contribution in [2.45, 2.75) is 88.6 Å². The third-order valence-electron chi connectivity index (χ3n) is 9.71. The molecule has 13 heteroatoms. The molecule has 3 aliphatic heterocycles. The number of nitrogens with one attached hydrogen (secondary N) is 1. The summed E-state index contributed by atoms with van der Waals surface area (Å²) in [5.41, 5.74) is 1.79. The van der Waals surface area contributed by atoms with Gasteiger partial charge in [0.1, 0.15) is 24.1 Å². The Balaban J connectivity index is 1.36. The fourth-order valence-electron chi connectivity index (χ4n) is 7.42. The molecule has 0 radical (unpaired) electrons. The quantitative estimate of drug-likeness (QED) is 0.509. The molecule has 1 spiro atoms. The van der Waals surface area contributed by atoms with E-state index in [4.69, 9.17) is 19.4 Å². The summed E-state index contributed by atoms with van der Waals surface area (Å²) in [6.45, 7) is 6.86. The number of carbonyl (C=O) groups is 2. The molecule has 47 heavy (non-hydrogen) atoms. The fourth-order valence-corrected chi connectivity index (χ4v) is 7.42. The van der Waals surface area contributed by atoms with E-state index in [1.165, 1.54) is 0 Å². The normalized spacial score (nSPS) is 25.8. The molecule has 4 atom stereocenters. The van der Waals surface area contributed by atoms with Crippen LogP contribution in [0.25, 0.3) is 0 Å². The number of likely N-dealkylation sites (tertiary alicyclic amines) is 1. The van der Waals surface area contributed by atoms with E-state index in [1.807, 2.05) is 29.0 Å². The molecule has 2 saturated heterocycles. The van der Waals surface area contributed by atoms with Crippen LogP contribution in [0.15, 0.2) is 18.2 Å². The van der Waals surface area contributed by atoms with Crippen molar-refractivity contribution in [2.24, 2.45) is 0 Å². The number of piperazine rings is 1. The maximum Gasteiger partial charge on any atom is 0.410 e. The molecule has 0 saturated carbocycles. The number of likely N-dealkylation sites (N-methyl/N-ethyl adjacent to an activating group) is 1. The van der Waals surface area contributed by atoms with Crippen LogP contribution in [0.4, 0.5) is 20.7 Å². The number of benzene rings is 1. The predicted octanol–water partition coefficient (Wildman–Crippen LogP) is 3.88. The van der Waals surface area contributed by atoms with Gasteiger partial charge >= 0.3 is 12.1 Å². The van der Waals surface area contributed by atoms with Gasteiger partial charge in [-0.15, -0.1) is 0 Å². The second-order valence-corrected chi connectivity index (χ2v) is 14.0. The van der Waals surface area contributed by atoms with Crippen LogP contribution in [0.2, 0.25) is 0 Å². The summed E-state index contributed by atoms with van der Waals surface area (Å²) in [6, 6.07) is 9.53. The maximum atomic E-state index is 14.2. The lowest BCUT2D eigenvalue weighted by atomic mass is 9.65. The first-order chi connectivity index (χ1) is 22.4. The highest BCUT2D eigenvalue weighted by atomic mass is 19.1. The Kier molecular flexibility index (Phi) is 8.70. The van der Waals surface area contributed by atoms with Gasteiger partial charge in [-0.05, 0) is 70.7 Å². The first kappa shape index (κ1) is 32.5. The Hall–Kier alpha value is -4.49. The van der Waals surface area contributed by atoms with Crippen molar-refractivity contribution in [1.29, 1.82) is 10.5 Å². The zero-order chi connectivity index (χ0) is 33.5. The molecule has 4 aliphatic rings. The van der Waals surface area contributed by atoms with E-state index >= 15 is 0 Å². The zero-order valence-corrected chi connectivity index (χ0v) is 27.4. The average Bonchev–Trinajstić information content (AvgIpc) is 3.35. The van der Waals surface area contributed by atoms with Crippen molar-refractivity contribution in [3.05, 3.63) is 40.6 Å². The largest absolute Gasteiger partial charge is 0.462 e. The van der Waals surface area contributed by atoms with Crippen LogP contribution in [0.3, 0.4) is 0 Å². The number of anilines is 2. The first-order valence-corrected chi connectivity index (χ1v) is 16.3. The van der Waals surface area contributed by atoms with E-state index in [9.17, 15) is 24.5 Å². The standard InChI is InChI=1S/C34H41FN8O4/c1-33(2,3)47-32(45)43-14-13-42(19-23(43)10-12-36)29-28-27(38-31(40-29)46-20-24-15-22(35)18-41(24)4)16-34(30(44)39-28)11-6-8-25-21(17-37)7-5-9-26(25)34/h5,7,9,22-24H,6,8,10-11,13-16,18-20H2,1-4H3,(H,39,44)/t22-,23+,24+,34?/m1/s1. The molecule has 248 valence electrons. The van der Waals surface area contributed by atoms with E-state index in [2.05, 4.69) is 17.5 Å². The number of hydrogen-bond donors (Lipinski definition) is 1. The molecular formula is C34H41FN8O4. The van der Waals surface area contributed by atoms with Crippen LogP contribution in [0, 0.1) is 22.7 Å². The van der Waals surface area contributed by atoms with Gasteiger partial charge in [0.25, 0.3) is 0 Å². The van der Waals surface area contributed by atoms with Gasteiger partial charge in [-0.2, -0.15) is 20.5 Å². The van der Waals surface area contributed by atoms with Crippen molar-refractivity contribution in [1.82, 2.24) is 19.8 Å². The third-order valence-corrected chi connectivity index (χ3v) is 9.71. The number of nitrogens with zero attached hydrogens (tertiary/aromatic N) is 7. The SMILES string of the molecule is CN1C[C@H](F)C[C@H]1COc1nc2c(c(N3CCN(C(=O)OC(C)(C)C)[C@@H](CC#N)C3)n1)NC(=O)C1(CCCc3c(C#N)cccc31)C2. The number of hydrogen-bond acceptors (Lipinski definition) is 10. The van der Waals surface area contributed by atoms with Crippen LogP contribution in [-0.4, -0.2) is 95.5 Å². The molecule has 2 fully saturated rings. The van der Waals surface area contributed by atoms with E-state index in [0.29, 0.717) is 48.7 Å². The van der Waals surface area contributed by atoms with Crippen molar-refractivity contribution in [3.8, 4) is 18.1 Å². The predicted molar refractivity (Wildman–Crippen MR) is 171 cm³/mol. The van der Waals surface area contributed by atoms with Crippen LogP contribution in [-0.2, 0) is 27.8 Å². The van der Waals surface area contributed by atoms with Crippen LogP contribution in [0.1, 0.15) is 68.8 Å². The lowest BCUT2D eigenvalue weighted by Crippen LogP contribution is -2.56. The number of aromatic nitrogens is 2. The number of ether oxygens (including phenoxy) is 2. The van der Waals surface area contributed by atoms with Crippen molar-refractivity contribution < 1.29 is 23.5 Å². The number of halogens is 1. The Bertz CT molecular complexity index is 1650. The Morgan fingerprint density at radius 3 is 2.70 bits per heavy atom. The minimum absolute atomic E-state index is 0.0816. The Morgan fingerprint density at radius 2 is 2.00 bits per heavy atom. The Labute approximate surface area is 274 Å². The van der Waals surface area contributed by atoms with Gasteiger partial charge in [-0.25, -0.2) is 9.18 Å². The van der Waals surface area contributed by atoms with E-state index in [0.717, 1.165) is 24.0 Å². The van der Waals surface area contributed by atoms with E-state index in [-0.39, 0.29) is 50.5 Å². The third kappa shape index (κ3) is 6.29. The van der Waals surface area contributed by atoms with Gasteiger partial charge in [0.2, 0.25) is 5.91 Å². The van der Waals surface area contributed by atoms with E-state index < -0.39 is 29.3 Å². The fraction of sp³-hybridized carbons (Fsp3) is 0.588. The molecule has 2 amide bonds. The second-order valence-electron chi connectivity index (χ2n) is 14.0. The summed E-state index contributed by atoms with van der Waals surface area (Å²) >= 11 is 0. The van der Waals surface area contributed by atoms with Gasteiger partial charge in [-0.3, -0.25) is 9.69 Å². The topological polar surface area (TPSA) is 148 Å². The minimum atomic E-state index is -0.924. The number of nitriles is 2. The van der Waals surface area contributed by atoms with Crippen molar-refractivity contribution in [3.63, 3.8) is 0 Å². The zero-order valence-electron chi connectivity index (χ0n) is 27.4. The van der Waals surface area contributed by atoms with Crippen LogP contribution < -0.4 is 15.0 Å². The monoisotopic (exact) mass is 644 g/mol. The highest BCUT2D eigenvalue weighted by molar-refractivity contribution is 6.04. The first-order valence-electron chi connectivity index (χ1n) is 16.3. The molecule has 12 nitrogen and oxygen atoms in total. The maximum absolute atomic E-state index is 14.2. The molecule has 1 aromatic heterocycles. The van der Waals surface area contributed by atoms with Crippen molar-refractivity contribution in [2.75, 3.05) is 50.1 Å². The van der Waals surface area contributed by atoms with Gasteiger partial charge in [0.15, 0.2) is 5.82 Å². The summed E-state index contributed by atoms with van der Waals surface area (Å²) in [7, 11) is 1.86. The molecule has 1 unspecified atom stereocenters. The van der Waals surface area contributed by atoms with Gasteiger partial charge in [-0.1, -0.05) is 12.1 Å².